The lowest BCUT2D eigenvalue weighted by atomic mass is 10.0. The number of benzene rings is 1. The number of aliphatic hydroxyl groups excluding tert-OH is 1. The molecule has 0 fully saturated rings. The summed E-state index contributed by atoms with van der Waals surface area (Å²) in [4.78, 5) is 29.3. The van der Waals surface area contributed by atoms with E-state index in [2.05, 4.69) is 24.5 Å². The highest BCUT2D eigenvalue weighted by molar-refractivity contribution is 5.87. The Bertz CT molecular complexity index is 578. The third-order valence-corrected chi connectivity index (χ3v) is 4.41. The van der Waals surface area contributed by atoms with Crippen LogP contribution < -0.4 is 10.6 Å². The van der Waals surface area contributed by atoms with E-state index in [0.717, 1.165) is 18.5 Å². The Balaban J connectivity index is 3.01. The number of hydrogen-bond donors (Lipinski definition) is 3. The molecule has 7 nitrogen and oxygen atoms in total. The molecule has 158 valence electrons. The number of likely N-dealkylation sites (N-methyl/N-ethyl adjacent to an activating group) is 1. The predicted molar refractivity (Wildman–Crippen MR) is 112 cm³/mol. The Morgan fingerprint density at radius 2 is 1.71 bits per heavy atom. The van der Waals surface area contributed by atoms with Crippen molar-refractivity contribution in [2.75, 3.05) is 46.9 Å². The molecule has 0 saturated carbocycles. The maximum Gasteiger partial charge on any atom is 0.318 e. The number of aliphatic hydroxyl groups is 1. The third-order valence-electron chi connectivity index (χ3n) is 4.41. The van der Waals surface area contributed by atoms with E-state index in [1.165, 1.54) is 0 Å². The molecule has 1 unspecified atom stereocenters. The van der Waals surface area contributed by atoms with E-state index in [1.54, 1.807) is 4.90 Å². The SMILES string of the molecule is CC(C)CCN(C(=O)NCCO)C(Cc1ccccc1)C(=O)NCCN(C)C. The van der Waals surface area contributed by atoms with Gasteiger partial charge in [0.2, 0.25) is 5.91 Å². The van der Waals surface area contributed by atoms with Crippen molar-refractivity contribution < 1.29 is 14.7 Å². The fourth-order valence-corrected chi connectivity index (χ4v) is 2.76. The molecule has 0 aliphatic heterocycles. The van der Waals surface area contributed by atoms with Gasteiger partial charge in [0.1, 0.15) is 6.04 Å². The molecule has 28 heavy (non-hydrogen) atoms. The van der Waals surface area contributed by atoms with Gasteiger partial charge in [-0.15, -0.1) is 0 Å². The van der Waals surface area contributed by atoms with Crippen LogP contribution in [-0.2, 0) is 11.2 Å². The molecule has 0 aliphatic carbocycles. The second-order valence-corrected chi connectivity index (χ2v) is 7.63. The summed E-state index contributed by atoms with van der Waals surface area (Å²) in [6, 6.07) is 8.79. The van der Waals surface area contributed by atoms with Crippen molar-refractivity contribution in [3.8, 4) is 0 Å². The second kappa shape index (κ2) is 13.1. The minimum absolute atomic E-state index is 0.137. The van der Waals surface area contributed by atoms with Gasteiger partial charge in [0.15, 0.2) is 0 Å². The van der Waals surface area contributed by atoms with Crippen LogP contribution in [0.1, 0.15) is 25.8 Å². The van der Waals surface area contributed by atoms with Gasteiger partial charge in [-0.2, -0.15) is 0 Å². The van der Waals surface area contributed by atoms with Crippen LogP contribution in [0.15, 0.2) is 30.3 Å². The summed E-state index contributed by atoms with van der Waals surface area (Å²) in [6.07, 6.45) is 1.24. The van der Waals surface area contributed by atoms with Gasteiger partial charge in [-0.25, -0.2) is 4.79 Å². The van der Waals surface area contributed by atoms with Crippen molar-refractivity contribution in [2.24, 2.45) is 5.92 Å². The molecule has 0 aliphatic rings. The predicted octanol–water partition coefficient (Wildman–Crippen LogP) is 1.33. The van der Waals surface area contributed by atoms with E-state index in [4.69, 9.17) is 5.11 Å². The van der Waals surface area contributed by atoms with E-state index in [9.17, 15) is 9.59 Å². The maximum absolute atomic E-state index is 13.0. The summed E-state index contributed by atoms with van der Waals surface area (Å²) in [5, 5.41) is 14.7. The third kappa shape index (κ3) is 9.19. The molecule has 3 N–H and O–H groups in total. The first-order valence-corrected chi connectivity index (χ1v) is 9.96. The summed E-state index contributed by atoms with van der Waals surface area (Å²) in [7, 11) is 3.90. The monoisotopic (exact) mass is 392 g/mol. The minimum Gasteiger partial charge on any atom is -0.395 e. The average Bonchev–Trinajstić information content (AvgIpc) is 2.65. The molecule has 0 bridgehead atoms. The summed E-state index contributed by atoms with van der Waals surface area (Å²) >= 11 is 0. The van der Waals surface area contributed by atoms with Crippen LogP contribution in [0.4, 0.5) is 4.79 Å². The van der Waals surface area contributed by atoms with Gasteiger partial charge >= 0.3 is 6.03 Å². The molecule has 0 aromatic heterocycles. The molecule has 1 rings (SSSR count). The van der Waals surface area contributed by atoms with Crippen molar-refractivity contribution in [3.63, 3.8) is 0 Å². The van der Waals surface area contributed by atoms with Crippen LogP contribution in [0, 0.1) is 5.92 Å². The minimum atomic E-state index is -0.609. The first-order chi connectivity index (χ1) is 13.3. The molecule has 0 saturated heterocycles. The zero-order chi connectivity index (χ0) is 20.9. The van der Waals surface area contributed by atoms with Gasteiger partial charge in [-0.1, -0.05) is 44.2 Å². The van der Waals surface area contributed by atoms with Crippen LogP contribution in [0.25, 0.3) is 0 Å². The van der Waals surface area contributed by atoms with Crippen LogP contribution in [0.5, 0.6) is 0 Å². The highest BCUT2D eigenvalue weighted by Crippen LogP contribution is 2.13. The lowest BCUT2D eigenvalue weighted by Gasteiger charge is -2.32. The molecular formula is C21H36N4O3. The molecule has 7 heteroatoms. The Labute approximate surface area is 169 Å². The molecule has 0 heterocycles. The average molecular weight is 393 g/mol. The highest BCUT2D eigenvalue weighted by atomic mass is 16.3. The number of nitrogens with zero attached hydrogens (tertiary/aromatic N) is 2. The Morgan fingerprint density at radius 1 is 1.04 bits per heavy atom. The summed E-state index contributed by atoms with van der Waals surface area (Å²) in [6.45, 7) is 5.94. The lowest BCUT2D eigenvalue weighted by Crippen LogP contribution is -2.55. The highest BCUT2D eigenvalue weighted by Gasteiger charge is 2.29. The van der Waals surface area contributed by atoms with Crippen LogP contribution in [-0.4, -0.2) is 79.8 Å². The van der Waals surface area contributed by atoms with Crippen molar-refractivity contribution >= 4 is 11.9 Å². The molecular weight excluding hydrogens is 356 g/mol. The lowest BCUT2D eigenvalue weighted by molar-refractivity contribution is -0.125. The fraction of sp³-hybridized carbons (Fsp3) is 0.619. The number of rotatable bonds is 12. The number of nitrogens with one attached hydrogen (secondary N) is 2. The van der Waals surface area contributed by atoms with E-state index in [-0.39, 0.29) is 25.1 Å². The van der Waals surface area contributed by atoms with Gasteiger partial charge < -0.3 is 25.5 Å². The summed E-state index contributed by atoms with van der Waals surface area (Å²) < 4.78 is 0. The zero-order valence-electron chi connectivity index (χ0n) is 17.6. The quantitative estimate of drug-likeness (QED) is 0.501. The summed E-state index contributed by atoms with van der Waals surface area (Å²) in [5.74, 6) is 0.246. The number of carbonyl (C=O) groups is 2. The van der Waals surface area contributed by atoms with E-state index in [0.29, 0.717) is 25.4 Å². The van der Waals surface area contributed by atoms with Crippen molar-refractivity contribution in [3.05, 3.63) is 35.9 Å². The van der Waals surface area contributed by atoms with E-state index >= 15 is 0 Å². The van der Waals surface area contributed by atoms with Crippen LogP contribution in [0.3, 0.4) is 0 Å². The number of amides is 3. The number of hydrogen-bond acceptors (Lipinski definition) is 4. The van der Waals surface area contributed by atoms with Gasteiger partial charge in [0, 0.05) is 32.6 Å². The van der Waals surface area contributed by atoms with Crippen molar-refractivity contribution in [1.82, 2.24) is 20.4 Å². The fourth-order valence-electron chi connectivity index (χ4n) is 2.76. The van der Waals surface area contributed by atoms with Crippen LogP contribution >= 0.6 is 0 Å². The van der Waals surface area contributed by atoms with E-state index < -0.39 is 6.04 Å². The topological polar surface area (TPSA) is 84.9 Å². The Morgan fingerprint density at radius 3 is 2.29 bits per heavy atom. The molecule has 0 radical (unpaired) electrons. The molecule has 1 aromatic rings. The first-order valence-electron chi connectivity index (χ1n) is 9.96. The normalized spacial score (nSPS) is 12.1. The summed E-state index contributed by atoms with van der Waals surface area (Å²) in [5.41, 5.74) is 1.000. The van der Waals surface area contributed by atoms with Gasteiger partial charge in [-0.3, -0.25) is 4.79 Å². The standard InChI is InChI=1S/C21H36N4O3/c1-17(2)10-13-25(21(28)23-12-15-26)19(16-18-8-6-5-7-9-18)20(27)22-11-14-24(3)4/h5-9,17,19,26H,10-16H2,1-4H3,(H,22,27)(H,23,28). The number of carbonyl (C=O) groups excluding carboxylic acids is 2. The Kier molecular flexibility index (Phi) is 11.2. The van der Waals surface area contributed by atoms with Gasteiger partial charge in [0.05, 0.1) is 6.61 Å². The van der Waals surface area contributed by atoms with Crippen molar-refractivity contribution in [1.29, 1.82) is 0 Å². The van der Waals surface area contributed by atoms with Gasteiger partial charge in [-0.05, 0) is 32.0 Å². The van der Waals surface area contributed by atoms with Crippen molar-refractivity contribution in [2.45, 2.75) is 32.7 Å². The molecule has 3 amide bonds. The molecule has 1 atom stereocenters. The maximum atomic E-state index is 13.0. The van der Waals surface area contributed by atoms with E-state index in [1.807, 2.05) is 49.3 Å². The first kappa shape index (κ1) is 23.9. The Hall–Kier alpha value is -2.12. The molecule has 0 spiro atoms. The number of urea groups is 1. The largest absolute Gasteiger partial charge is 0.395 e. The zero-order valence-corrected chi connectivity index (χ0v) is 17.6. The van der Waals surface area contributed by atoms with Gasteiger partial charge in [0.25, 0.3) is 0 Å². The van der Waals surface area contributed by atoms with Crippen LogP contribution in [0.2, 0.25) is 0 Å². The smallest absolute Gasteiger partial charge is 0.318 e. The molecule has 1 aromatic carbocycles. The second-order valence-electron chi connectivity index (χ2n) is 7.63.